The van der Waals surface area contributed by atoms with Crippen LogP contribution in [-0.4, -0.2) is 34.8 Å². The smallest absolute Gasteiger partial charge is 0.439 e. The molecule has 1 aliphatic carbocycles. The number of alkyl halides is 3. The first-order valence-electron chi connectivity index (χ1n) is 10.6. The molecule has 1 N–H and O–H groups in total. The maximum absolute atomic E-state index is 14.4. The Hall–Kier alpha value is -2.91. The molecule has 1 aromatic heterocycles. The molecule has 1 fully saturated rings. The molecular formula is C24H22F3N3O2S. The molecule has 0 amide bonds. The van der Waals surface area contributed by atoms with Gasteiger partial charge in [0.1, 0.15) is 5.75 Å². The van der Waals surface area contributed by atoms with Gasteiger partial charge in [0.15, 0.2) is 0 Å². The average molecular weight is 474 g/mol. The topological polar surface area (TPSA) is 58.0 Å². The first kappa shape index (κ1) is 21.9. The van der Waals surface area contributed by atoms with E-state index in [4.69, 9.17) is 4.74 Å². The molecule has 2 aromatic carbocycles. The van der Waals surface area contributed by atoms with Gasteiger partial charge >= 0.3 is 6.18 Å². The Balaban J connectivity index is 1.48. The van der Waals surface area contributed by atoms with Gasteiger partial charge in [-0.1, -0.05) is 30.3 Å². The van der Waals surface area contributed by atoms with Crippen LogP contribution in [0.3, 0.4) is 0 Å². The lowest BCUT2D eigenvalue weighted by Gasteiger charge is -2.39. The van der Waals surface area contributed by atoms with E-state index in [0.717, 1.165) is 22.5 Å². The molecule has 0 spiro atoms. The number of methoxy groups -OCH3 is 1. The van der Waals surface area contributed by atoms with Crippen LogP contribution in [0, 0.1) is 5.92 Å². The van der Waals surface area contributed by atoms with Crippen LogP contribution in [0.25, 0.3) is 11.3 Å². The Bertz CT molecular complexity index is 1160. The van der Waals surface area contributed by atoms with Gasteiger partial charge in [0.2, 0.25) is 5.13 Å². The summed E-state index contributed by atoms with van der Waals surface area (Å²) in [6.45, 7) is 0. The lowest BCUT2D eigenvalue weighted by Crippen LogP contribution is -2.60. The first-order chi connectivity index (χ1) is 15.8. The molecule has 1 aliphatic heterocycles. The number of fused-ring (bicyclic) bond motifs is 1. The predicted molar refractivity (Wildman–Crippen MR) is 122 cm³/mol. The van der Waals surface area contributed by atoms with E-state index >= 15 is 0 Å². The normalized spacial score (nSPS) is 25.0. The molecule has 0 bridgehead atoms. The minimum atomic E-state index is -4.91. The average Bonchev–Trinajstić information content (AvgIpc) is 3.43. The number of benzene rings is 2. The number of rotatable bonds is 4. The third kappa shape index (κ3) is 3.69. The van der Waals surface area contributed by atoms with E-state index in [9.17, 15) is 18.3 Å². The van der Waals surface area contributed by atoms with Gasteiger partial charge in [0.25, 0.3) is 5.72 Å². The molecule has 5 rings (SSSR count). The fourth-order valence-corrected chi connectivity index (χ4v) is 5.53. The molecule has 33 heavy (non-hydrogen) atoms. The number of thiazole rings is 1. The maximum atomic E-state index is 14.4. The standard InChI is InChI=1S/C24H22F3N3O2S/c1-32-18-10-7-16(8-11-18)21-14-33-22(28-21)30-23(31,24(25,26)27)19-13-17(9-12-20(19)29-30)15-5-3-2-4-6-15/h2-8,10-11,14,17,19,31H,9,12-13H2,1H3/t17-,19-,23+/m0/s1. The van der Waals surface area contributed by atoms with Crippen LogP contribution in [-0.2, 0) is 0 Å². The van der Waals surface area contributed by atoms with Crippen molar-refractivity contribution < 1.29 is 23.0 Å². The molecule has 2 aliphatic rings. The summed E-state index contributed by atoms with van der Waals surface area (Å²) in [5.41, 5.74) is -0.523. The van der Waals surface area contributed by atoms with E-state index in [1.54, 1.807) is 36.8 Å². The van der Waals surface area contributed by atoms with Crippen molar-refractivity contribution in [3.63, 3.8) is 0 Å². The maximum Gasteiger partial charge on any atom is 0.439 e. The minimum absolute atomic E-state index is 0.0128. The number of aliphatic hydroxyl groups is 1. The number of nitrogens with zero attached hydrogens (tertiary/aromatic N) is 3. The van der Waals surface area contributed by atoms with Gasteiger partial charge < -0.3 is 9.84 Å². The van der Waals surface area contributed by atoms with Crippen molar-refractivity contribution in [1.82, 2.24) is 4.98 Å². The summed E-state index contributed by atoms with van der Waals surface area (Å²) >= 11 is 1.03. The van der Waals surface area contributed by atoms with Crippen molar-refractivity contribution in [3.05, 3.63) is 65.5 Å². The highest BCUT2D eigenvalue weighted by Gasteiger charge is 2.68. The minimum Gasteiger partial charge on any atom is -0.497 e. The zero-order chi connectivity index (χ0) is 23.2. The number of ether oxygens (including phenoxy) is 1. The molecule has 9 heteroatoms. The molecule has 2 heterocycles. The van der Waals surface area contributed by atoms with E-state index in [1.165, 1.54) is 0 Å². The molecule has 0 saturated heterocycles. The third-order valence-electron chi connectivity index (χ3n) is 6.46. The second-order valence-corrected chi connectivity index (χ2v) is 9.14. The highest BCUT2D eigenvalue weighted by molar-refractivity contribution is 7.14. The van der Waals surface area contributed by atoms with E-state index in [1.807, 2.05) is 30.3 Å². The Labute approximate surface area is 193 Å². The third-order valence-corrected chi connectivity index (χ3v) is 7.27. The summed E-state index contributed by atoms with van der Waals surface area (Å²) in [4.78, 5) is 4.40. The summed E-state index contributed by atoms with van der Waals surface area (Å²) in [6.07, 6.45) is -3.65. The molecule has 1 saturated carbocycles. The summed E-state index contributed by atoms with van der Waals surface area (Å²) in [5, 5.41) is 17.8. The second kappa shape index (κ2) is 8.14. The summed E-state index contributed by atoms with van der Waals surface area (Å²) in [5.74, 6) is -0.552. The van der Waals surface area contributed by atoms with Crippen molar-refractivity contribution in [2.45, 2.75) is 37.1 Å². The number of hydrogen-bond donors (Lipinski definition) is 1. The zero-order valence-corrected chi connectivity index (χ0v) is 18.6. The van der Waals surface area contributed by atoms with Gasteiger partial charge in [-0.3, -0.25) is 0 Å². The fourth-order valence-electron chi connectivity index (χ4n) is 4.69. The largest absolute Gasteiger partial charge is 0.497 e. The monoisotopic (exact) mass is 473 g/mol. The van der Waals surface area contributed by atoms with E-state index in [-0.39, 0.29) is 17.5 Å². The van der Waals surface area contributed by atoms with E-state index in [0.29, 0.717) is 35.0 Å². The highest BCUT2D eigenvalue weighted by Crippen LogP contribution is 2.52. The van der Waals surface area contributed by atoms with Crippen LogP contribution in [0.5, 0.6) is 5.75 Å². The Morgan fingerprint density at radius 1 is 1.12 bits per heavy atom. The van der Waals surface area contributed by atoms with Gasteiger partial charge in [-0.15, -0.1) is 11.3 Å². The van der Waals surface area contributed by atoms with Crippen molar-refractivity contribution in [2.75, 3.05) is 12.1 Å². The Kier molecular flexibility index (Phi) is 5.41. The van der Waals surface area contributed by atoms with Crippen LogP contribution in [0.2, 0.25) is 0 Å². The lowest BCUT2D eigenvalue weighted by atomic mass is 9.73. The van der Waals surface area contributed by atoms with Crippen LogP contribution in [0.15, 0.2) is 65.1 Å². The summed E-state index contributed by atoms with van der Waals surface area (Å²) in [7, 11) is 1.56. The SMILES string of the molecule is COc1ccc(-c2csc(N3N=C4CC[C@H](c5ccccc5)C[C@@H]4[C@@]3(O)C(F)(F)F)n2)cc1. The van der Waals surface area contributed by atoms with Crippen LogP contribution < -0.4 is 9.75 Å². The molecule has 0 radical (unpaired) electrons. The van der Waals surface area contributed by atoms with Crippen LogP contribution in [0.1, 0.15) is 30.7 Å². The Morgan fingerprint density at radius 2 is 1.85 bits per heavy atom. The highest BCUT2D eigenvalue weighted by atomic mass is 32.1. The molecule has 3 atom stereocenters. The number of aromatic nitrogens is 1. The van der Waals surface area contributed by atoms with Crippen molar-refractivity contribution >= 4 is 22.2 Å². The van der Waals surface area contributed by atoms with Gasteiger partial charge in [-0.2, -0.15) is 23.3 Å². The molecule has 0 unspecified atom stereocenters. The molecule has 3 aromatic rings. The molecule has 5 nitrogen and oxygen atoms in total. The predicted octanol–water partition coefficient (Wildman–Crippen LogP) is 5.83. The first-order valence-corrected chi connectivity index (χ1v) is 11.5. The van der Waals surface area contributed by atoms with Gasteiger partial charge in [0.05, 0.1) is 18.7 Å². The van der Waals surface area contributed by atoms with Gasteiger partial charge in [-0.25, -0.2) is 4.98 Å². The zero-order valence-electron chi connectivity index (χ0n) is 17.8. The lowest BCUT2D eigenvalue weighted by molar-refractivity contribution is -0.269. The number of hydrogen-bond acceptors (Lipinski definition) is 6. The molecular weight excluding hydrogens is 451 g/mol. The van der Waals surface area contributed by atoms with Crippen molar-refractivity contribution in [2.24, 2.45) is 11.0 Å². The van der Waals surface area contributed by atoms with Crippen LogP contribution in [0.4, 0.5) is 18.3 Å². The molecule has 172 valence electrons. The van der Waals surface area contributed by atoms with Gasteiger partial charge in [-0.05, 0) is 55.0 Å². The number of hydrazone groups is 1. The van der Waals surface area contributed by atoms with Crippen molar-refractivity contribution in [1.29, 1.82) is 0 Å². The quantitative estimate of drug-likeness (QED) is 0.518. The van der Waals surface area contributed by atoms with E-state index in [2.05, 4.69) is 10.1 Å². The number of anilines is 1. The van der Waals surface area contributed by atoms with Crippen molar-refractivity contribution in [3.8, 4) is 17.0 Å². The van der Waals surface area contributed by atoms with Crippen LogP contribution >= 0.6 is 11.3 Å². The van der Waals surface area contributed by atoms with Gasteiger partial charge in [0, 0.05) is 16.7 Å². The van der Waals surface area contributed by atoms with E-state index < -0.39 is 17.8 Å². The fraction of sp³-hybridized carbons (Fsp3) is 0.333. The Morgan fingerprint density at radius 3 is 2.52 bits per heavy atom. The summed E-state index contributed by atoms with van der Waals surface area (Å²) < 4.78 is 48.3. The summed E-state index contributed by atoms with van der Waals surface area (Å²) in [6, 6.07) is 16.6. The second-order valence-electron chi connectivity index (χ2n) is 8.31. The number of halogens is 3.